The lowest BCUT2D eigenvalue weighted by molar-refractivity contribution is -0.149. The Labute approximate surface area is 129 Å². The molecular formula is C13H23N5O2S. The van der Waals surface area contributed by atoms with Gasteiger partial charge < -0.3 is 10.5 Å². The molecule has 1 aliphatic carbocycles. The highest BCUT2D eigenvalue weighted by Gasteiger charge is 2.29. The minimum Gasteiger partial charge on any atom is -0.465 e. The molecule has 1 aliphatic rings. The van der Waals surface area contributed by atoms with E-state index in [4.69, 9.17) is 10.5 Å². The van der Waals surface area contributed by atoms with Crippen molar-refractivity contribution in [2.45, 2.75) is 62.7 Å². The Hall–Kier alpha value is -1.15. The first kappa shape index (κ1) is 16.2. The number of carbonyl (C=O) groups is 1. The van der Waals surface area contributed by atoms with Gasteiger partial charge in [-0.3, -0.25) is 4.79 Å². The molecule has 118 valence electrons. The number of hydrogen-bond donors (Lipinski definition) is 1. The van der Waals surface area contributed by atoms with Crippen molar-refractivity contribution in [1.82, 2.24) is 20.2 Å². The van der Waals surface area contributed by atoms with E-state index in [9.17, 15) is 4.79 Å². The van der Waals surface area contributed by atoms with Crippen LogP contribution in [-0.4, -0.2) is 44.1 Å². The Morgan fingerprint density at radius 3 is 2.95 bits per heavy atom. The average molecular weight is 313 g/mol. The number of unbranched alkanes of at least 4 members (excludes halogenated alkanes) is 1. The third-order valence-electron chi connectivity index (χ3n) is 3.42. The lowest BCUT2D eigenvalue weighted by atomic mass is 9.96. The Morgan fingerprint density at radius 2 is 2.29 bits per heavy atom. The molecule has 1 aromatic rings. The Kier molecular flexibility index (Phi) is 5.58. The van der Waals surface area contributed by atoms with Gasteiger partial charge in [-0.15, -0.1) is 5.10 Å². The topological polar surface area (TPSA) is 95.9 Å². The van der Waals surface area contributed by atoms with E-state index in [1.165, 1.54) is 12.8 Å². The minimum absolute atomic E-state index is 0.324. The van der Waals surface area contributed by atoms with Crippen LogP contribution in [0.25, 0.3) is 0 Å². The summed E-state index contributed by atoms with van der Waals surface area (Å²) in [7, 11) is 0. The van der Waals surface area contributed by atoms with Gasteiger partial charge >= 0.3 is 5.97 Å². The number of esters is 1. The largest absolute Gasteiger partial charge is 0.465 e. The smallest absolute Gasteiger partial charge is 0.325 e. The number of rotatable bonds is 9. The van der Waals surface area contributed by atoms with Gasteiger partial charge in [0, 0.05) is 5.75 Å². The van der Waals surface area contributed by atoms with E-state index in [0.717, 1.165) is 23.8 Å². The van der Waals surface area contributed by atoms with Gasteiger partial charge in [-0.1, -0.05) is 18.2 Å². The third-order valence-corrected chi connectivity index (χ3v) is 4.44. The molecule has 2 N–H and O–H groups in total. The Balaban J connectivity index is 1.65. The molecule has 0 spiro atoms. The zero-order chi connectivity index (χ0) is 15.3. The highest BCUT2D eigenvalue weighted by atomic mass is 32.2. The molecule has 0 radical (unpaired) electrons. The fourth-order valence-electron chi connectivity index (χ4n) is 1.98. The van der Waals surface area contributed by atoms with Crippen LogP contribution in [0.2, 0.25) is 0 Å². The van der Waals surface area contributed by atoms with Gasteiger partial charge in [-0.05, 0) is 50.0 Å². The SMILES string of the molecule is CCOC(=O)C(C)(N)CCCCSc1nnnn1C1CC1. The quantitative estimate of drug-likeness (QED) is 0.420. The number of hydrogen-bond acceptors (Lipinski definition) is 7. The molecule has 1 fully saturated rings. The molecule has 8 heteroatoms. The van der Waals surface area contributed by atoms with Crippen molar-refractivity contribution >= 4 is 17.7 Å². The van der Waals surface area contributed by atoms with Gasteiger partial charge in [0.05, 0.1) is 12.6 Å². The van der Waals surface area contributed by atoms with Crippen LogP contribution in [0.4, 0.5) is 0 Å². The van der Waals surface area contributed by atoms with Crippen LogP contribution in [0.3, 0.4) is 0 Å². The normalized spacial score (nSPS) is 17.5. The first-order valence-electron chi connectivity index (χ1n) is 7.41. The lowest BCUT2D eigenvalue weighted by Crippen LogP contribution is -2.46. The van der Waals surface area contributed by atoms with Crippen molar-refractivity contribution < 1.29 is 9.53 Å². The maximum absolute atomic E-state index is 11.7. The van der Waals surface area contributed by atoms with E-state index >= 15 is 0 Å². The maximum atomic E-state index is 11.7. The predicted molar refractivity (Wildman–Crippen MR) is 79.9 cm³/mol. The van der Waals surface area contributed by atoms with Crippen molar-refractivity contribution in [3.8, 4) is 0 Å². The molecule has 1 saturated carbocycles. The van der Waals surface area contributed by atoms with Gasteiger partial charge in [-0.25, -0.2) is 4.68 Å². The van der Waals surface area contributed by atoms with Gasteiger partial charge in [0.25, 0.3) is 0 Å². The average Bonchev–Trinajstić information content (AvgIpc) is 3.18. The molecule has 7 nitrogen and oxygen atoms in total. The summed E-state index contributed by atoms with van der Waals surface area (Å²) in [5, 5.41) is 12.7. The molecule has 0 aromatic carbocycles. The van der Waals surface area contributed by atoms with Crippen LogP contribution in [0, 0.1) is 0 Å². The summed E-state index contributed by atoms with van der Waals surface area (Å²) in [6.07, 6.45) is 4.81. The summed E-state index contributed by atoms with van der Waals surface area (Å²) in [5.41, 5.74) is 5.08. The molecule has 0 aliphatic heterocycles. The van der Waals surface area contributed by atoms with Crippen molar-refractivity contribution in [2.24, 2.45) is 5.73 Å². The number of aromatic nitrogens is 4. The van der Waals surface area contributed by atoms with Crippen LogP contribution >= 0.6 is 11.8 Å². The number of ether oxygens (including phenoxy) is 1. The van der Waals surface area contributed by atoms with Crippen LogP contribution in [0.15, 0.2) is 5.16 Å². The molecule has 1 aromatic heterocycles. The fourth-order valence-corrected chi connectivity index (χ4v) is 2.93. The van der Waals surface area contributed by atoms with Gasteiger partial charge in [0.15, 0.2) is 0 Å². The zero-order valence-corrected chi connectivity index (χ0v) is 13.4. The van der Waals surface area contributed by atoms with Crippen LogP contribution < -0.4 is 5.73 Å². The molecule has 0 bridgehead atoms. The summed E-state index contributed by atoms with van der Waals surface area (Å²) in [5.74, 6) is 0.599. The molecule has 1 heterocycles. The lowest BCUT2D eigenvalue weighted by Gasteiger charge is -2.21. The van der Waals surface area contributed by atoms with Gasteiger partial charge in [-0.2, -0.15) is 0 Å². The molecule has 0 saturated heterocycles. The molecule has 1 atom stereocenters. The van der Waals surface area contributed by atoms with Crippen molar-refractivity contribution in [1.29, 1.82) is 0 Å². The number of thioether (sulfide) groups is 1. The van der Waals surface area contributed by atoms with Crippen LogP contribution in [0.1, 0.15) is 52.0 Å². The zero-order valence-electron chi connectivity index (χ0n) is 12.6. The molecular weight excluding hydrogens is 290 g/mol. The van der Waals surface area contributed by atoms with Crippen molar-refractivity contribution in [2.75, 3.05) is 12.4 Å². The van der Waals surface area contributed by atoms with E-state index in [1.54, 1.807) is 25.6 Å². The number of tetrazole rings is 1. The first-order valence-corrected chi connectivity index (χ1v) is 8.40. The number of carbonyl (C=O) groups excluding carboxylic acids is 1. The first-order chi connectivity index (χ1) is 10.0. The maximum Gasteiger partial charge on any atom is 0.325 e. The number of nitrogens with two attached hydrogens (primary N) is 1. The summed E-state index contributed by atoms with van der Waals surface area (Å²) in [4.78, 5) is 11.7. The van der Waals surface area contributed by atoms with Crippen molar-refractivity contribution in [3.63, 3.8) is 0 Å². The van der Waals surface area contributed by atoms with E-state index in [1.807, 2.05) is 4.68 Å². The van der Waals surface area contributed by atoms with Crippen LogP contribution in [0.5, 0.6) is 0 Å². The monoisotopic (exact) mass is 313 g/mol. The summed E-state index contributed by atoms with van der Waals surface area (Å²) in [6, 6.07) is 0.499. The third kappa shape index (κ3) is 4.67. The van der Waals surface area contributed by atoms with E-state index in [0.29, 0.717) is 19.1 Å². The highest BCUT2D eigenvalue weighted by Crippen LogP contribution is 2.36. The second-order valence-corrected chi connectivity index (χ2v) is 6.64. The van der Waals surface area contributed by atoms with E-state index in [2.05, 4.69) is 15.5 Å². The highest BCUT2D eigenvalue weighted by molar-refractivity contribution is 7.99. The Bertz CT molecular complexity index is 473. The fraction of sp³-hybridized carbons (Fsp3) is 0.846. The summed E-state index contributed by atoms with van der Waals surface area (Å²) in [6.45, 7) is 3.88. The van der Waals surface area contributed by atoms with Crippen molar-refractivity contribution in [3.05, 3.63) is 0 Å². The molecule has 21 heavy (non-hydrogen) atoms. The second-order valence-electron chi connectivity index (χ2n) is 5.58. The van der Waals surface area contributed by atoms with Crippen LogP contribution in [-0.2, 0) is 9.53 Å². The van der Waals surface area contributed by atoms with E-state index < -0.39 is 5.54 Å². The van der Waals surface area contributed by atoms with Gasteiger partial charge in [0.2, 0.25) is 5.16 Å². The van der Waals surface area contributed by atoms with Gasteiger partial charge in [0.1, 0.15) is 5.54 Å². The van der Waals surface area contributed by atoms with E-state index in [-0.39, 0.29) is 5.97 Å². The molecule has 1 unspecified atom stereocenters. The Morgan fingerprint density at radius 1 is 1.52 bits per heavy atom. The number of nitrogens with zero attached hydrogens (tertiary/aromatic N) is 4. The standard InChI is InChI=1S/C13H23N5O2S/c1-3-20-11(19)13(2,14)8-4-5-9-21-12-15-16-17-18(12)10-6-7-10/h10H,3-9,14H2,1-2H3. The summed E-state index contributed by atoms with van der Waals surface area (Å²) >= 11 is 1.66. The molecule has 2 rings (SSSR count). The predicted octanol–water partition coefficient (Wildman–Crippen LogP) is 1.55. The minimum atomic E-state index is -0.893. The summed E-state index contributed by atoms with van der Waals surface area (Å²) < 4.78 is 6.89. The second kappa shape index (κ2) is 7.22. The molecule has 0 amide bonds.